The van der Waals surface area contributed by atoms with Crippen LogP contribution in [0.3, 0.4) is 0 Å². The summed E-state index contributed by atoms with van der Waals surface area (Å²) in [6.45, 7) is 0. The van der Waals surface area contributed by atoms with E-state index in [0.29, 0.717) is 0 Å². The van der Waals surface area contributed by atoms with Crippen molar-refractivity contribution < 1.29 is 4.42 Å². The highest BCUT2D eigenvalue weighted by molar-refractivity contribution is 6.14. The van der Waals surface area contributed by atoms with Crippen molar-refractivity contribution in [3.63, 3.8) is 0 Å². The summed E-state index contributed by atoms with van der Waals surface area (Å²) in [6.07, 6.45) is 0. The van der Waals surface area contributed by atoms with Gasteiger partial charge in [-0.1, -0.05) is 176 Å². The number of fused-ring (bicyclic) bond motifs is 7. The lowest BCUT2D eigenvalue weighted by atomic mass is 9.96. The molecule has 1 aromatic heterocycles. The molecule has 0 aliphatic rings. The Hall–Kier alpha value is -7.42. The second-order valence-electron chi connectivity index (χ2n) is 14.5. The minimum Gasteiger partial charge on any atom is -0.455 e. The summed E-state index contributed by atoms with van der Waals surface area (Å²) < 4.78 is 6.81. The molecule has 10 aromatic carbocycles. The molecule has 0 saturated carbocycles. The van der Waals surface area contributed by atoms with Gasteiger partial charge in [0.25, 0.3) is 0 Å². The van der Waals surface area contributed by atoms with Crippen LogP contribution in [0.25, 0.3) is 87.6 Å². The van der Waals surface area contributed by atoms with Gasteiger partial charge in [-0.25, -0.2) is 0 Å². The first-order valence-corrected chi connectivity index (χ1v) is 19.2. The molecule has 0 N–H and O–H groups in total. The monoisotopic (exact) mass is 713 g/mol. The third-order valence-electron chi connectivity index (χ3n) is 11.2. The van der Waals surface area contributed by atoms with Crippen LogP contribution < -0.4 is 4.90 Å². The number of hydrogen-bond donors (Lipinski definition) is 0. The van der Waals surface area contributed by atoms with E-state index >= 15 is 0 Å². The molecular formula is C54H35NO. The number of rotatable bonds is 6. The van der Waals surface area contributed by atoms with Gasteiger partial charge in [-0.15, -0.1) is 0 Å². The van der Waals surface area contributed by atoms with Gasteiger partial charge < -0.3 is 9.32 Å². The average Bonchev–Trinajstić information content (AvgIpc) is 3.64. The predicted octanol–water partition coefficient (Wildman–Crippen LogP) is 15.5. The van der Waals surface area contributed by atoms with Crippen LogP contribution in [-0.2, 0) is 0 Å². The third kappa shape index (κ3) is 5.34. The molecule has 0 bridgehead atoms. The van der Waals surface area contributed by atoms with Crippen LogP contribution in [-0.4, -0.2) is 0 Å². The Morgan fingerprint density at radius 3 is 1.70 bits per heavy atom. The highest BCUT2D eigenvalue weighted by atomic mass is 16.3. The second kappa shape index (κ2) is 13.2. The lowest BCUT2D eigenvalue weighted by Gasteiger charge is -2.30. The minimum absolute atomic E-state index is 0.889. The smallest absolute Gasteiger partial charge is 0.143 e. The maximum atomic E-state index is 6.81. The maximum absolute atomic E-state index is 6.81. The van der Waals surface area contributed by atoms with Crippen LogP contribution >= 0.6 is 0 Å². The summed E-state index contributed by atoms with van der Waals surface area (Å²) in [6, 6.07) is 76.5. The van der Waals surface area contributed by atoms with Crippen LogP contribution in [0.15, 0.2) is 217 Å². The predicted molar refractivity (Wildman–Crippen MR) is 237 cm³/mol. The molecule has 262 valence electrons. The Bertz CT molecular complexity index is 3250. The number of nitrogens with zero attached hydrogens (tertiary/aromatic N) is 1. The molecule has 11 aromatic rings. The van der Waals surface area contributed by atoms with Gasteiger partial charge in [0.05, 0.1) is 11.4 Å². The Balaban J connectivity index is 1.14. The number of benzene rings is 10. The summed E-state index contributed by atoms with van der Waals surface area (Å²) in [5.41, 5.74) is 11.9. The Labute approximate surface area is 325 Å². The summed E-state index contributed by atoms with van der Waals surface area (Å²) in [4.78, 5) is 2.43. The Morgan fingerprint density at radius 2 is 0.875 bits per heavy atom. The van der Waals surface area contributed by atoms with E-state index in [-0.39, 0.29) is 0 Å². The fraction of sp³-hybridized carbons (Fsp3) is 0. The van der Waals surface area contributed by atoms with Crippen molar-refractivity contribution in [1.82, 2.24) is 0 Å². The molecule has 11 rings (SSSR count). The molecule has 56 heavy (non-hydrogen) atoms. The first-order chi connectivity index (χ1) is 27.8. The Morgan fingerprint density at radius 1 is 0.304 bits per heavy atom. The molecule has 0 saturated heterocycles. The first-order valence-electron chi connectivity index (χ1n) is 19.2. The number of furan rings is 1. The zero-order valence-corrected chi connectivity index (χ0v) is 30.6. The molecule has 2 nitrogen and oxygen atoms in total. The zero-order chi connectivity index (χ0) is 37.0. The molecule has 0 radical (unpaired) electrons. The molecule has 0 spiro atoms. The standard InChI is InChI=1S/C54H35NO/c1-2-13-36(14-3-1)37-25-27-39(28-26-37)46-19-8-10-23-51(46)55(43-31-32-45-42(33-43)30-29-38-15-6-7-18-44(38)45)52-24-11-9-20-47(52)48-21-12-22-49-50-34-40-16-4-5-17-41(40)35-53(50)56-54(48)49/h1-35H. The minimum atomic E-state index is 0.889. The third-order valence-corrected chi connectivity index (χ3v) is 11.2. The van der Waals surface area contributed by atoms with Crippen molar-refractivity contribution in [1.29, 1.82) is 0 Å². The summed E-state index contributed by atoms with van der Waals surface area (Å²) >= 11 is 0. The maximum Gasteiger partial charge on any atom is 0.143 e. The lowest BCUT2D eigenvalue weighted by Crippen LogP contribution is -2.12. The number of anilines is 3. The van der Waals surface area contributed by atoms with Gasteiger partial charge in [-0.05, 0) is 85.4 Å². The highest BCUT2D eigenvalue weighted by Crippen LogP contribution is 2.47. The fourth-order valence-electron chi connectivity index (χ4n) is 8.52. The normalized spacial score (nSPS) is 11.6. The van der Waals surface area contributed by atoms with E-state index in [1.54, 1.807) is 0 Å². The van der Waals surface area contributed by atoms with E-state index in [0.717, 1.165) is 61.3 Å². The van der Waals surface area contributed by atoms with Gasteiger partial charge in [-0.3, -0.25) is 0 Å². The van der Waals surface area contributed by atoms with E-state index in [1.807, 2.05) is 0 Å². The van der Waals surface area contributed by atoms with Crippen molar-refractivity contribution in [2.45, 2.75) is 0 Å². The molecule has 2 heteroatoms. The molecule has 0 atom stereocenters. The van der Waals surface area contributed by atoms with Crippen molar-refractivity contribution >= 4 is 71.3 Å². The van der Waals surface area contributed by atoms with Gasteiger partial charge in [0.1, 0.15) is 11.2 Å². The molecule has 0 unspecified atom stereocenters. The van der Waals surface area contributed by atoms with Crippen LogP contribution in [0.5, 0.6) is 0 Å². The van der Waals surface area contributed by atoms with Gasteiger partial charge in [0, 0.05) is 33.2 Å². The van der Waals surface area contributed by atoms with Crippen LogP contribution in [0.4, 0.5) is 17.1 Å². The fourth-order valence-corrected chi connectivity index (χ4v) is 8.52. The van der Waals surface area contributed by atoms with E-state index in [1.165, 1.54) is 43.4 Å². The van der Waals surface area contributed by atoms with E-state index in [2.05, 4.69) is 217 Å². The van der Waals surface area contributed by atoms with Crippen LogP contribution in [0, 0.1) is 0 Å². The Kier molecular flexibility index (Phi) is 7.53. The summed E-state index contributed by atoms with van der Waals surface area (Å²) in [5, 5.41) is 9.55. The van der Waals surface area contributed by atoms with E-state index in [9.17, 15) is 0 Å². The van der Waals surface area contributed by atoms with Gasteiger partial charge in [-0.2, -0.15) is 0 Å². The SMILES string of the molecule is c1ccc(-c2ccc(-c3ccccc3N(c3ccc4c(ccc5ccccc54)c3)c3ccccc3-c3cccc4c3oc3cc5ccccc5cc34)cc2)cc1. The summed E-state index contributed by atoms with van der Waals surface area (Å²) in [5.74, 6) is 0. The van der Waals surface area contributed by atoms with Crippen molar-refractivity contribution in [3.05, 3.63) is 212 Å². The van der Waals surface area contributed by atoms with Gasteiger partial charge >= 0.3 is 0 Å². The van der Waals surface area contributed by atoms with Crippen molar-refractivity contribution in [2.75, 3.05) is 4.90 Å². The zero-order valence-electron chi connectivity index (χ0n) is 30.6. The number of para-hydroxylation sites is 3. The lowest BCUT2D eigenvalue weighted by molar-refractivity contribution is 0.670. The second-order valence-corrected chi connectivity index (χ2v) is 14.5. The quantitative estimate of drug-likeness (QED) is 0.160. The van der Waals surface area contributed by atoms with Crippen LogP contribution in [0.1, 0.15) is 0 Å². The van der Waals surface area contributed by atoms with Gasteiger partial charge in [0.2, 0.25) is 0 Å². The van der Waals surface area contributed by atoms with E-state index < -0.39 is 0 Å². The van der Waals surface area contributed by atoms with Crippen molar-refractivity contribution in [2.24, 2.45) is 0 Å². The molecule has 0 aliphatic carbocycles. The topological polar surface area (TPSA) is 16.4 Å². The number of hydrogen-bond acceptors (Lipinski definition) is 2. The molecule has 0 amide bonds. The molecule has 0 fully saturated rings. The van der Waals surface area contributed by atoms with Crippen molar-refractivity contribution in [3.8, 4) is 33.4 Å². The highest BCUT2D eigenvalue weighted by Gasteiger charge is 2.23. The molecule has 0 aliphatic heterocycles. The largest absolute Gasteiger partial charge is 0.455 e. The first kappa shape index (κ1) is 32.0. The average molecular weight is 714 g/mol. The van der Waals surface area contributed by atoms with E-state index in [4.69, 9.17) is 4.42 Å². The van der Waals surface area contributed by atoms with Gasteiger partial charge in [0.15, 0.2) is 0 Å². The van der Waals surface area contributed by atoms with Crippen LogP contribution in [0.2, 0.25) is 0 Å². The summed E-state index contributed by atoms with van der Waals surface area (Å²) in [7, 11) is 0. The molecular weight excluding hydrogens is 679 g/mol. The molecule has 1 heterocycles.